The molecule has 0 amide bonds. The van der Waals surface area contributed by atoms with Crippen LogP contribution in [0.1, 0.15) is 84.0 Å². The molecule has 0 heterocycles. The lowest BCUT2D eigenvalue weighted by molar-refractivity contribution is 0.151. The Morgan fingerprint density at radius 1 is 0.909 bits per heavy atom. The summed E-state index contributed by atoms with van der Waals surface area (Å²) in [6.07, 6.45) is 22.1. The van der Waals surface area contributed by atoms with E-state index in [1.165, 1.54) is 77.0 Å². The maximum absolute atomic E-state index is 3.05. The summed E-state index contributed by atoms with van der Waals surface area (Å²) in [6.45, 7) is 2.32. The maximum atomic E-state index is 3.05. The van der Waals surface area contributed by atoms with Gasteiger partial charge < -0.3 is 0 Å². The van der Waals surface area contributed by atoms with E-state index in [0.29, 0.717) is 0 Å². The average molecular weight is 412 g/mol. The lowest BCUT2D eigenvalue weighted by Gasteiger charge is -2.37. The van der Waals surface area contributed by atoms with Crippen molar-refractivity contribution in [2.24, 2.45) is 23.7 Å². The van der Waals surface area contributed by atoms with Gasteiger partial charge in [-0.05, 0) is 72.2 Å². The van der Waals surface area contributed by atoms with Crippen LogP contribution in [-0.4, -0.2) is 0 Å². The molecule has 0 aromatic heterocycles. The van der Waals surface area contributed by atoms with Crippen LogP contribution in [0.5, 0.6) is 0 Å². The van der Waals surface area contributed by atoms with Crippen LogP contribution in [0.2, 0.25) is 0 Å². The molecule has 0 aromatic carbocycles. The summed E-state index contributed by atoms with van der Waals surface area (Å²) in [5.74, 6) is 7.02. The van der Waals surface area contributed by atoms with Crippen LogP contribution in [-0.2, 0) is 0 Å². The van der Waals surface area contributed by atoms with E-state index >= 15 is 0 Å². The standard InChI is InChI=1S/C21H33I/c1-2-3-4-7-18-9-13-20(14-10-18)21-15-11-19(12-16-21)8-5-6-17-22/h5,8,18-21H,2-4,7,9-16H2,1H3. The van der Waals surface area contributed by atoms with Gasteiger partial charge in [-0.25, -0.2) is 0 Å². The minimum atomic E-state index is 0.805. The maximum Gasteiger partial charge on any atom is 0.0185 e. The van der Waals surface area contributed by atoms with E-state index in [-0.39, 0.29) is 0 Å². The highest BCUT2D eigenvalue weighted by molar-refractivity contribution is 14.1. The number of halogens is 1. The second-order valence-corrected chi connectivity index (χ2v) is 8.09. The van der Waals surface area contributed by atoms with Crippen LogP contribution in [0.4, 0.5) is 0 Å². The molecule has 0 spiro atoms. The Labute approximate surface area is 152 Å². The molecular formula is C21H33I. The molecule has 22 heavy (non-hydrogen) atoms. The highest BCUT2D eigenvalue weighted by Gasteiger charge is 2.30. The van der Waals surface area contributed by atoms with E-state index in [0.717, 1.165) is 23.7 Å². The van der Waals surface area contributed by atoms with Crippen molar-refractivity contribution in [1.29, 1.82) is 0 Å². The Kier molecular flexibility index (Phi) is 8.97. The molecule has 2 fully saturated rings. The Balaban J connectivity index is 1.64. The monoisotopic (exact) mass is 412 g/mol. The topological polar surface area (TPSA) is 0 Å². The third-order valence-corrected chi connectivity index (χ3v) is 6.41. The molecule has 0 aliphatic heterocycles. The van der Waals surface area contributed by atoms with Gasteiger partial charge in [0.25, 0.3) is 0 Å². The summed E-state index contributed by atoms with van der Waals surface area (Å²) in [5.41, 5.74) is 0. The van der Waals surface area contributed by atoms with Crippen LogP contribution >= 0.6 is 22.6 Å². The highest BCUT2D eigenvalue weighted by atomic mass is 127. The zero-order valence-electron chi connectivity index (χ0n) is 14.3. The molecule has 0 aromatic rings. The van der Waals surface area contributed by atoms with Crippen molar-refractivity contribution < 1.29 is 0 Å². The first-order chi connectivity index (χ1) is 10.8. The summed E-state index contributed by atoms with van der Waals surface area (Å²) in [7, 11) is 0. The first-order valence-corrected chi connectivity index (χ1v) is 10.7. The predicted molar refractivity (Wildman–Crippen MR) is 106 cm³/mol. The fourth-order valence-corrected chi connectivity index (χ4v) is 4.84. The SMILES string of the molecule is CCCCCC1CCC(C2CCC(C=CC#CI)CC2)CC1. The quantitative estimate of drug-likeness (QED) is 0.247. The van der Waals surface area contributed by atoms with E-state index in [1.807, 2.05) is 0 Å². The van der Waals surface area contributed by atoms with Crippen molar-refractivity contribution >= 4 is 22.6 Å². The number of hydrogen-bond donors (Lipinski definition) is 0. The van der Waals surface area contributed by atoms with Crippen LogP contribution in [0.3, 0.4) is 0 Å². The molecular weight excluding hydrogens is 379 g/mol. The van der Waals surface area contributed by atoms with Gasteiger partial charge in [-0.1, -0.05) is 57.4 Å². The average Bonchev–Trinajstić information content (AvgIpc) is 2.57. The zero-order chi connectivity index (χ0) is 15.6. The Morgan fingerprint density at radius 3 is 2.14 bits per heavy atom. The van der Waals surface area contributed by atoms with Gasteiger partial charge in [0.15, 0.2) is 0 Å². The zero-order valence-corrected chi connectivity index (χ0v) is 16.5. The lowest BCUT2D eigenvalue weighted by atomic mass is 9.68. The van der Waals surface area contributed by atoms with Gasteiger partial charge in [0.05, 0.1) is 0 Å². The number of unbranched alkanes of at least 4 members (excludes halogenated alkanes) is 2. The molecule has 0 unspecified atom stereocenters. The first kappa shape index (κ1) is 18.4. The smallest absolute Gasteiger partial charge is 0.0185 e. The molecule has 1 heteroatoms. The second kappa shape index (κ2) is 10.7. The molecule has 2 rings (SSSR count). The van der Waals surface area contributed by atoms with Gasteiger partial charge in [0.2, 0.25) is 0 Å². The predicted octanol–water partition coefficient (Wildman–Crippen LogP) is 7.13. The third-order valence-electron chi connectivity index (χ3n) is 6.10. The summed E-state index contributed by atoms with van der Waals surface area (Å²) in [6, 6.07) is 0. The minimum Gasteiger partial charge on any atom is -0.0730 e. The van der Waals surface area contributed by atoms with Crippen LogP contribution in [0, 0.1) is 33.5 Å². The van der Waals surface area contributed by atoms with Crippen LogP contribution in [0.15, 0.2) is 12.2 Å². The molecule has 124 valence electrons. The van der Waals surface area contributed by atoms with Gasteiger partial charge >= 0.3 is 0 Å². The van der Waals surface area contributed by atoms with Crippen molar-refractivity contribution in [3.05, 3.63) is 12.2 Å². The molecule has 2 aliphatic carbocycles. The largest absolute Gasteiger partial charge is 0.0730 e. The summed E-state index contributed by atoms with van der Waals surface area (Å²) in [5, 5.41) is 0. The Morgan fingerprint density at radius 2 is 1.55 bits per heavy atom. The lowest BCUT2D eigenvalue weighted by Crippen LogP contribution is -2.25. The van der Waals surface area contributed by atoms with Crippen LogP contribution in [0.25, 0.3) is 0 Å². The fourth-order valence-electron chi connectivity index (χ4n) is 4.66. The number of hydrogen-bond acceptors (Lipinski definition) is 0. The van der Waals surface area contributed by atoms with Crippen molar-refractivity contribution in [1.82, 2.24) is 0 Å². The molecule has 0 bridgehead atoms. The fraction of sp³-hybridized carbons (Fsp3) is 0.810. The van der Waals surface area contributed by atoms with E-state index in [2.05, 4.69) is 51.5 Å². The molecule has 2 aliphatic rings. The molecule has 0 nitrogen and oxygen atoms in total. The van der Waals surface area contributed by atoms with Crippen molar-refractivity contribution in [3.63, 3.8) is 0 Å². The third kappa shape index (κ3) is 6.26. The van der Waals surface area contributed by atoms with E-state index in [9.17, 15) is 0 Å². The second-order valence-electron chi connectivity index (χ2n) is 7.55. The molecule has 0 atom stereocenters. The van der Waals surface area contributed by atoms with Crippen molar-refractivity contribution in [2.45, 2.75) is 84.0 Å². The van der Waals surface area contributed by atoms with Gasteiger partial charge in [-0.3, -0.25) is 0 Å². The number of rotatable bonds is 6. The molecule has 0 N–H and O–H groups in total. The Bertz CT molecular complexity index is 370. The van der Waals surface area contributed by atoms with E-state index < -0.39 is 0 Å². The normalized spacial score (nSPS) is 32.6. The summed E-state index contributed by atoms with van der Waals surface area (Å²) < 4.78 is 2.92. The van der Waals surface area contributed by atoms with Gasteiger partial charge in [0, 0.05) is 22.6 Å². The van der Waals surface area contributed by atoms with E-state index in [4.69, 9.17) is 0 Å². The first-order valence-electron chi connectivity index (χ1n) is 9.61. The van der Waals surface area contributed by atoms with Gasteiger partial charge in [-0.2, -0.15) is 0 Å². The summed E-state index contributed by atoms with van der Waals surface area (Å²) >= 11 is 2.11. The van der Waals surface area contributed by atoms with Crippen LogP contribution < -0.4 is 0 Å². The minimum absolute atomic E-state index is 0.805. The molecule has 0 saturated heterocycles. The highest BCUT2D eigenvalue weighted by Crippen LogP contribution is 2.42. The molecule has 2 saturated carbocycles. The van der Waals surface area contributed by atoms with Crippen molar-refractivity contribution in [3.8, 4) is 9.85 Å². The van der Waals surface area contributed by atoms with Gasteiger partial charge in [-0.15, -0.1) is 0 Å². The number of allylic oxidation sites excluding steroid dienone is 2. The Hall–Kier alpha value is 0.0300. The van der Waals surface area contributed by atoms with E-state index in [1.54, 1.807) is 0 Å². The molecule has 0 radical (unpaired) electrons. The summed E-state index contributed by atoms with van der Waals surface area (Å²) in [4.78, 5) is 0. The van der Waals surface area contributed by atoms with Crippen molar-refractivity contribution in [2.75, 3.05) is 0 Å². The van der Waals surface area contributed by atoms with Gasteiger partial charge in [0.1, 0.15) is 0 Å².